The van der Waals surface area contributed by atoms with Crippen LogP contribution in [0.4, 0.5) is 5.69 Å². The van der Waals surface area contributed by atoms with E-state index in [-0.39, 0.29) is 17.2 Å². The molecule has 1 aromatic carbocycles. The number of sulfone groups is 1. The van der Waals surface area contributed by atoms with Crippen LogP contribution in [0.2, 0.25) is 0 Å². The van der Waals surface area contributed by atoms with Crippen molar-refractivity contribution in [1.82, 2.24) is 4.90 Å². The van der Waals surface area contributed by atoms with Crippen molar-refractivity contribution in [2.24, 2.45) is 0 Å². The highest BCUT2D eigenvalue weighted by atomic mass is 32.2. The molecule has 7 heteroatoms. The van der Waals surface area contributed by atoms with Gasteiger partial charge >= 0.3 is 0 Å². The van der Waals surface area contributed by atoms with E-state index in [0.717, 1.165) is 0 Å². The Kier molecular flexibility index (Phi) is 6.09. The first kappa shape index (κ1) is 16.6. The fraction of sp³-hybridized carbons (Fsp3) is 0.538. The highest BCUT2D eigenvalue weighted by Gasteiger charge is 2.16. The van der Waals surface area contributed by atoms with Gasteiger partial charge in [0.05, 0.1) is 10.7 Å². The van der Waals surface area contributed by atoms with Gasteiger partial charge in [0, 0.05) is 30.5 Å². The van der Waals surface area contributed by atoms with E-state index >= 15 is 0 Å². The average Bonchev–Trinajstić information content (AvgIpc) is 2.43. The van der Waals surface area contributed by atoms with Crippen molar-refractivity contribution in [3.63, 3.8) is 0 Å². The van der Waals surface area contributed by atoms with Crippen molar-refractivity contribution in [2.75, 3.05) is 24.6 Å². The molecular weight excluding hydrogens is 280 g/mol. The van der Waals surface area contributed by atoms with Crippen LogP contribution in [0.3, 0.4) is 0 Å². The maximum atomic E-state index is 11.5. The highest BCUT2D eigenvalue weighted by molar-refractivity contribution is 7.91. The van der Waals surface area contributed by atoms with Gasteiger partial charge in [0.2, 0.25) is 0 Å². The normalized spacial score (nSPS) is 11.8. The van der Waals surface area contributed by atoms with Crippen LogP contribution in [-0.4, -0.2) is 42.8 Å². The lowest BCUT2D eigenvalue weighted by atomic mass is 10.1. The van der Waals surface area contributed by atoms with Crippen molar-refractivity contribution in [3.05, 3.63) is 39.9 Å². The van der Waals surface area contributed by atoms with Crippen molar-refractivity contribution >= 4 is 15.5 Å². The molecule has 1 aromatic rings. The van der Waals surface area contributed by atoms with E-state index in [2.05, 4.69) is 0 Å². The number of benzene rings is 1. The molecule has 0 atom stereocenters. The summed E-state index contributed by atoms with van der Waals surface area (Å²) in [5.41, 5.74) is 0.678. The molecule has 0 bridgehead atoms. The van der Waals surface area contributed by atoms with Gasteiger partial charge in [0.25, 0.3) is 5.69 Å². The molecule has 0 unspecified atom stereocenters. The summed E-state index contributed by atoms with van der Waals surface area (Å²) in [5, 5.41) is 10.9. The van der Waals surface area contributed by atoms with E-state index in [1.165, 1.54) is 6.07 Å². The SMILES string of the molecule is CCN(CCS(=O)(=O)CC)Cc1ccccc1[N+](=O)[O-]. The molecule has 0 aliphatic carbocycles. The summed E-state index contributed by atoms with van der Waals surface area (Å²) in [6.45, 7) is 4.94. The molecule has 0 saturated heterocycles. The lowest BCUT2D eigenvalue weighted by Crippen LogP contribution is -2.29. The maximum Gasteiger partial charge on any atom is 0.273 e. The van der Waals surface area contributed by atoms with Crippen LogP contribution >= 0.6 is 0 Å². The first-order valence-electron chi connectivity index (χ1n) is 6.54. The van der Waals surface area contributed by atoms with Crippen LogP contribution in [0.5, 0.6) is 0 Å². The fourth-order valence-electron chi connectivity index (χ4n) is 1.83. The number of hydrogen-bond acceptors (Lipinski definition) is 5. The van der Waals surface area contributed by atoms with Gasteiger partial charge in [-0.1, -0.05) is 32.0 Å². The van der Waals surface area contributed by atoms with Crippen molar-refractivity contribution in [3.8, 4) is 0 Å². The van der Waals surface area contributed by atoms with E-state index in [4.69, 9.17) is 0 Å². The molecular formula is C13H20N2O4S. The van der Waals surface area contributed by atoms with E-state index in [0.29, 0.717) is 25.2 Å². The van der Waals surface area contributed by atoms with Crippen LogP contribution in [0, 0.1) is 10.1 Å². The minimum atomic E-state index is -3.02. The van der Waals surface area contributed by atoms with Gasteiger partial charge in [-0.25, -0.2) is 8.42 Å². The van der Waals surface area contributed by atoms with E-state index in [1.54, 1.807) is 25.1 Å². The third kappa shape index (κ3) is 4.90. The minimum Gasteiger partial charge on any atom is -0.298 e. The van der Waals surface area contributed by atoms with Crippen LogP contribution in [0.25, 0.3) is 0 Å². The van der Waals surface area contributed by atoms with E-state index in [1.807, 2.05) is 11.8 Å². The third-order valence-electron chi connectivity index (χ3n) is 3.19. The summed E-state index contributed by atoms with van der Waals surface area (Å²) in [6.07, 6.45) is 0. The van der Waals surface area contributed by atoms with E-state index < -0.39 is 14.8 Å². The Morgan fingerprint density at radius 1 is 1.25 bits per heavy atom. The van der Waals surface area contributed by atoms with Crippen LogP contribution < -0.4 is 0 Å². The zero-order valence-corrected chi connectivity index (χ0v) is 12.6. The zero-order valence-electron chi connectivity index (χ0n) is 11.8. The molecule has 1 rings (SSSR count). The van der Waals surface area contributed by atoms with Crippen molar-refractivity contribution in [2.45, 2.75) is 20.4 Å². The smallest absolute Gasteiger partial charge is 0.273 e. The number of hydrogen-bond donors (Lipinski definition) is 0. The third-order valence-corrected chi connectivity index (χ3v) is 4.87. The fourth-order valence-corrected chi connectivity index (χ4v) is 2.65. The van der Waals surface area contributed by atoms with Crippen LogP contribution in [0.15, 0.2) is 24.3 Å². The molecule has 0 saturated carbocycles. The van der Waals surface area contributed by atoms with Crippen molar-refractivity contribution in [1.29, 1.82) is 0 Å². The highest BCUT2D eigenvalue weighted by Crippen LogP contribution is 2.19. The molecule has 112 valence electrons. The van der Waals surface area contributed by atoms with Gasteiger partial charge in [-0.05, 0) is 6.54 Å². The van der Waals surface area contributed by atoms with Gasteiger partial charge in [-0.3, -0.25) is 15.0 Å². The summed E-state index contributed by atoms with van der Waals surface area (Å²) in [7, 11) is -3.02. The van der Waals surface area contributed by atoms with Gasteiger partial charge < -0.3 is 0 Å². The summed E-state index contributed by atoms with van der Waals surface area (Å²) >= 11 is 0. The summed E-state index contributed by atoms with van der Waals surface area (Å²) in [5.74, 6) is 0.202. The Balaban J connectivity index is 2.77. The molecule has 20 heavy (non-hydrogen) atoms. The molecule has 6 nitrogen and oxygen atoms in total. The Labute approximate surface area is 119 Å². The van der Waals surface area contributed by atoms with Crippen LogP contribution in [-0.2, 0) is 16.4 Å². The first-order valence-corrected chi connectivity index (χ1v) is 8.36. The first-order chi connectivity index (χ1) is 9.39. The molecule has 0 amide bonds. The largest absolute Gasteiger partial charge is 0.298 e. The summed E-state index contributed by atoms with van der Waals surface area (Å²) < 4.78 is 23.0. The monoisotopic (exact) mass is 300 g/mol. The molecule has 0 aromatic heterocycles. The molecule has 0 radical (unpaired) electrons. The summed E-state index contributed by atoms with van der Waals surface area (Å²) in [6, 6.07) is 6.54. The lowest BCUT2D eigenvalue weighted by Gasteiger charge is -2.20. The van der Waals surface area contributed by atoms with Gasteiger partial charge in [0.1, 0.15) is 0 Å². The molecule has 0 aliphatic heterocycles. The molecule has 0 N–H and O–H groups in total. The van der Waals surface area contributed by atoms with Gasteiger partial charge in [0.15, 0.2) is 9.84 Å². The quantitative estimate of drug-likeness (QED) is 0.540. The molecule has 0 heterocycles. The Morgan fingerprint density at radius 2 is 1.90 bits per heavy atom. The van der Waals surface area contributed by atoms with Gasteiger partial charge in [-0.2, -0.15) is 0 Å². The Morgan fingerprint density at radius 3 is 2.45 bits per heavy atom. The number of nitro benzene ring substituents is 1. The molecule has 0 spiro atoms. The molecule has 0 aliphatic rings. The average molecular weight is 300 g/mol. The number of nitro groups is 1. The topological polar surface area (TPSA) is 80.5 Å². The second-order valence-corrected chi connectivity index (χ2v) is 6.96. The Bertz CT molecular complexity index is 557. The Hall–Kier alpha value is -1.47. The van der Waals surface area contributed by atoms with E-state index in [9.17, 15) is 18.5 Å². The standard InChI is InChI=1S/C13H20N2O4S/c1-3-14(9-10-20(18,19)4-2)11-12-7-5-6-8-13(12)15(16)17/h5-8H,3-4,9-11H2,1-2H3. The second kappa shape index (κ2) is 7.35. The number of nitrogens with zero attached hydrogens (tertiary/aromatic N) is 2. The van der Waals surface area contributed by atoms with Crippen LogP contribution in [0.1, 0.15) is 19.4 Å². The lowest BCUT2D eigenvalue weighted by molar-refractivity contribution is -0.385. The van der Waals surface area contributed by atoms with Crippen molar-refractivity contribution < 1.29 is 13.3 Å². The summed E-state index contributed by atoms with van der Waals surface area (Å²) in [4.78, 5) is 12.4. The second-order valence-electron chi connectivity index (χ2n) is 4.49. The number of rotatable bonds is 8. The maximum absolute atomic E-state index is 11.5. The predicted octanol–water partition coefficient (Wildman–Crippen LogP) is 1.85. The number of para-hydroxylation sites is 1. The zero-order chi connectivity index (χ0) is 15.2. The molecule has 0 fully saturated rings. The van der Waals surface area contributed by atoms with Gasteiger partial charge in [-0.15, -0.1) is 0 Å². The predicted molar refractivity (Wildman–Crippen MR) is 78.4 cm³/mol. The minimum absolute atomic E-state index is 0.0734.